The maximum absolute atomic E-state index is 10.5. The van der Waals surface area contributed by atoms with Gasteiger partial charge in [-0.1, -0.05) is 31.6 Å². The summed E-state index contributed by atoms with van der Waals surface area (Å²) < 4.78 is 0. The normalized spacial score (nSPS) is 10.6. The van der Waals surface area contributed by atoms with Crippen LogP contribution in [0.2, 0.25) is 0 Å². The number of phenols is 1. The highest BCUT2D eigenvalue weighted by Crippen LogP contribution is 2.17. The number of hydrogen-bond acceptors (Lipinski definition) is 2. The van der Waals surface area contributed by atoms with Gasteiger partial charge in [-0.2, -0.15) is 0 Å². The molecule has 1 aromatic carbocycles. The molecule has 0 fully saturated rings. The molecule has 0 bridgehead atoms. The molecule has 1 rings (SSSR count). The van der Waals surface area contributed by atoms with Gasteiger partial charge in [0.25, 0.3) is 0 Å². The molecule has 0 aromatic heterocycles. The van der Waals surface area contributed by atoms with Crippen molar-refractivity contribution in [3.63, 3.8) is 0 Å². The van der Waals surface area contributed by atoms with E-state index in [1.54, 1.807) is 12.1 Å². The van der Waals surface area contributed by atoms with Gasteiger partial charge in [0.1, 0.15) is 5.75 Å². The van der Waals surface area contributed by atoms with E-state index in [2.05, 4.69) is 13.0 Å². The molecule has 0 radical (unpaired) electrons. The maximum atomic E-state index is 10.5. The Morgan fingerprint density at radius 2 is 2.21 bits per heavy atom. The minimum atomic E-state index is 0.0349. The van der Waals surface area contributed by atoms with Crippen molar-refractivity contribution < 1.29 is 9.90 Å². The summed E-state index contributed by atoms with van der Waals surface area (Å²) >= 11 is 0. The fourth-order valence-corrected chi connectivity index (χ4v) is 1.16. The Balaban J connectivity index is 2.84. The Morgan fingerprint density at radius 1 is 1.43 bits per heavy atom. The van der Waals surface area contributed by atoms with Crippen molar-refractivity contribution in [1.29, 1.82) is 0 Å². The van der Waals surface area contributed by atoms with Gasteiger partial charge in [0.05, 0.1) is 5.56 Å². The number of carbonyl (C=O) groups is 1. The average molecular weight is 190 g/mol. The predicted octanol–water partition coefficient (Wildman–Crippen LogP) is 3.02. The van der Waals surface area contributed by atoms with Gasteiger partial charge in [-0.15, -0.1) is 0 Å². The zero-order valence-electron chi connectivity index (χ0n) is 8.23. The molecule has 0 unspecified atom stereocenters. The van der Waals surface area contributed by atoms with E-state index in [0.29, 0.717) is 11.8 Å². The largest absolute Gasteiger partial charge is 0.507 e. The summed E-state index contributed by atoms with van der Waals surface area (Å²) in [5.74, 6) is 0.0349. The lowest BCUT2D eigenvalue weighted by molar-refractivity contribution is 0.112. The number of aromatic hydroxyl groups is 1. The van der Waals surface area contributed by atoms with Crippen LogP contribution in [0.1, 0.15) is 35.7 Å². The second kappa shape index (κ2) is 5.22. The van der Waals surface area contributed by atoms with Crippen LogP contribution in [0.25, 0.3) is 6.08 Å². The van der Waals surface area contributed by atoms with Crippen molar-refractivity contribution in [1.82, 2.24) is 0 Å². The summed E-state index contributed by atoms with van der Waals surface area (Å²) in [6.07, 6.45) is 6.80. The van der Waals surface area contributed by atoms with Crippen LogP contribution in [0, 0.1) is 0 Å². The third kappa shape index (κ3) is 2.73. The topological polar surface area (TPSA) is 37.3 Å². The van der Waals surface area contributed by atoms with Crippen molar-refractivity contribution in [3.05, 3.63) is 35.4 Å². The molecule has 0 aliphatic carbocycles. The molecule has 0 heterocycles. The third-order valence-corrected chi connectivity index (χ3v) is 1.94. The first-order valence-electron chi connectivity index (χ1n) is 4.72. The van der Waals surface area contributed by atoms with Gasteiger partial charge >= 0.3 is 0 Å². The number of allylic oxidation sites excluding steroid dienone is 1. The number of aldehydes is 1. The van der Waals surface area contributed by atoms with Crippen molar-refractivity contribution in [2.24, 2.45) is 0 Å². The Bertz CT molecular complexity index is 340. The fraction of sp³-hybridized carbons (Fsp3) is 0.250. The van der Waals surface area contributed by atoms with Crippen LogP contribution in [-0.4, -0.2) is 11.4 Å². The number of hydrogen-bond donors (Lipinski definition) is 1. The van der Waals surface area contributed by atoms with Gasteiger partial charge in [0.15, 0.2) is 6.29 Å². The molecule has 1 aromatic rings. The van der Waals surface area contributed by atoms with Crippen LogP contribution in [0.15, 0.2) is 24.3 Å². The summed E-state index contributed by atoms with van der Waals surface area (Å²) in [6.45, 7) is 2.11. The summed E-state index contributed by atoms with van der Waals surface area (Å²) in [5.41, 5.74) is 1.28. The van der Waals surface area contributed by atoms with E-state index in [9.17, 15) is 9.90 Å². The molecule has 0 spiro atoms. The van der Waals surface area contributed by atoms with Crippen LogP contribution in [0.4, 0.5) is 0 Å². The summed E-state index contributed by atoms with van der Waals surface area (Å²) in [7, 11) is 0. The van der Waals surface area contributed by atoms with Gasteiger partial charge in [-0.05, 0) is 24.1 Å². The molecule has 74 valence electrons. The molecule has 2 heteroatoms. The molecule has 0 aliphatic heterocycles. The van der Waals surface area contributed by atoms with Crippen molar-refractivity contribution in [2.45, 2.75) is 19.8 Å². The van der Waals surface area contributed by atoms with E-state index in [1.165, 1.54) is 6.07 Å². The van der Waals surface area contributed by atoms with Gasteiger partial charge in [-0.25, -0.2) is 0 Å². The molecule has 0 saturated carbocycles. The third-order valence-electron chi connectivity index (χ3n) is 1.94. The molecule has 14 heavy (non-hydrogen) atoms. The average Bonchev–Trinajstić information content (AvgIpc) is 2.21. The first-order chi connectivity index (χ1) is 6.77. The molecule has 0 atom stereocenters. The smallest absolute Gasteiger partial charge is 0.153 e. The van der Waals surface area contributed by atoms with Crippen LogP contribution >= 0.6 is 0 Å². The zero-order chi connectivity index (χ0) is 10.4. The predicted molar refractivity (Wildman–Crippen MR) is 57.4 cm³/mol. The van der Waals surface area contributed by atoms with E-state index >= 15 is 0 Å². The second-order valence-corrected chi connectivity index (χ2v) is 3.13. The highest BCUT2D eigenvalue weighted by Gasteiger charge is 1.98. The Labute approximate surface area is 83.9 Å². The molecular formula is C12H14O2. The van der Waals surface area contributed by atoms with Crippen molar-refractivity contribution in [2.75, 3.05) is 0 Å². The minimum Gasteiger partial charge on any atom is -0.507 e. The van der Waals surface area contributed by atoms with Crippen molar-refractivity contribution in [3.8, 4) is 5.75 Å². The number of rotatable bonds is 4. The lowest BCUT2D eigenvalue weighted by Crippen LogP contribution is -1.82. The fourth-order valence-electron chi connectivity index (χ4n) is 1.16. The number of phenolic OH excluding ortho intramolecular Hbond substituents is 1. The van der Waals surface area contributed by atoms with Crippen LogP contribution in [-0.2, 0) is 0 Å². The lowest BCUT2D eigenvalue weighted by Gasteiger charge is -1.98. The van der Waals surface area contributed by atoms with Crippen LogP contribution in [0.5, 0.6) is 5.75 Å². The number of benzene rings is 1. The molecule has 0 saturated heterocycles. The quantitative estimate of drug-likeness (QED) is 0.741. The molecule has 0 amide bonds. The van der Waals surface area contributed by atoms with Crippen molar-refractivity contribution >= 4 is 12.4 Å². The van der Waals surface area contributed by atoms with E-state index in [1.807, 2.05) is 6.08 Å². The first kappa shape index (κ1) is 10.5. The number of carbonyl (C=O) groups excluding carboxylic acids is 1. The summed E-state index contributed by atoms with van der Waals surface area (Å²) in [5, 5.41) is 9.25. The molecular weight excluding hydrogens is 176 g/mol. The Morgan fingerprint density at radius 3 is 2.86 bits per heavy atom. The van der Waals surface area contributed by atoms with Gasteiger partial charge < -0.3 is 5.11 Å². The second-order valence-electron chi connectivity index (χ2n) is 3.13. The number of unbranched alkanes of at least 4 members (excludes halogenated alkanes) is 1. The van der Waals surface area contributed by atoms with Gasteiger partial charge in [0.2, 0.25) is 0 Å². The first-order valence-corrected chi connectivity index (χ1v) is 4.72. The zero-order valence-corrected chi connectivity index (χ0v) is 8.23. The van der Waals surface area contributed by atoms with E-state index in [-0.39, 0.29) is 5.75 Å². The molecule has 1 N–H and O–H groups in total. The van der Waals surface area contributed by atoms with E-state index in [0.717, 1.165) is 18.4 Å². The van der Waals surface area contributed by atoms with Crippen LogP contribution in [0.3, 0.4) is 0 Å². The van der Waals surface area contributed by atoms with Gasteiger partial charge in [-0.3, -0.25) is 4.79 Å². The van der Waals surface area contributed by atoms with E-state index < -0.39 is 0 Å². The minimum absolute atomic E-state index is 0.0349. The van der Waals surface area contributed by atoms with E-state index in [4.69, 9.17) is 0 Å². The summed E-state index contributed by atoms with van der Waals surface area (Å²) in [4.78, 5) is 10.5. The monoisotopic (exact) mass is 190 g/mol. The molecule has 2 nitrogen and oxygen atoms in total. The lowest BCUT2D eigenvalue weighted by atomic mass is 10.1. The Kier molecular flexibility index (Phi) is 3.92. The summed E-state index contributed by atoms with van der Waals surface area (Å²) in [6, 6.07) is 5.00. The van der Waals surface area contributed by atoms with Gasteiger partial charge in [0, 0.05) is 0 Å². The molecule has 0 aliphatic rings. The van der Waals surface area contributed by atoms with Crippen LogP contribution < -0.4 is 0 Å². The highest BCUT2D eigenvalue weighted by atomic mass is 16.3. The standard InChI is InChI=1S/C12H14O2/c1-2-3-4-5-10-6-7-12(14)11(8-10)9-13/h4-9,14H,2-3H2,1H3. The Hall–Kier alpha value is -1.57. The maximum Gasteiger partial charge on any atom is 0.153 e. The SMILES string of the molecule is CCCC=Cc1ccc(O)c(C=O)c1. The highest BCUT2D eigenvalue weighted by molar-refractivity contribution is 5.80.